The first-order chi connectivity index (χ1) is 9.84. The van der Waals surface area contributed by atoms with Gasteiger partial charge < -0.3 is 11.1 Å². The van der Waals surface area contributed by atoms with E-state index >= 15 is 0 Å². The average molecular weight is 282 g/mol. The molecule has 0 fully saturated rings. The number of nitrogens with one attached hydrogen (secondary N) is 1. The van der Waals surface area contributed by atoms with Crippen LogP contribution in [0.1, 0.15) is 31.9 Å². The molecule has 1 amide bonds. The Morgan fingerprint density at radius 1 is 1.00 bits per heavy atom. The van der Waals surface area contributed by atoms with E-state index < -0.39 is 0 Å². The second-order valence-electron chi connectivity index (χ2n) is 6.29. The SMILES string of the molecule is CC(C)(C)c1ccc(NC(=O)Cc2ccc(N)cc2)cc1. The molecule has 2 rings (SSSR count). The minimum absolute atomic E-state index is 0.0247. The van der Waals surface area contributed by atoms with Crippen molar-refractivity contribution in [3.8, 4) is 0 Å². The van der Waals surface area contributed by atoms with Crippen molar-refractivity contribution in [1.29, 1.82) is 0 Å². The molecule has 3 nitrogen and oxygen atoms in total. The molecular formula is C18H22N2O. The molecule has 3 heteroatoms. The fraction of sp³-hybridized carbons (Fsp3) is 0.278. The highest BCUT2D eigenvalue weighted by Crippen LogP contribution is 2.23. The largest absolute Gasteiger partial charge is 0.399 e. The number of nitrogens with two attached hydrogens (primary N) is 1. The van der Waals surface area contributed by atoms with Gasteiger partial charge in [0.25, 0.3) is 0 Å². The van der Waals surface area contributed by atoms with Crippen LogP contribution in [0.4, 0.5) is 11.4 Å². The van der Waals surface area contributed by atoms with Gasteiger partial charge in [-0.15, -0.1) is 0 Å². The van der Waals surface area contributed by atoms with Crippen molar-refractivity contribution in [2.75, 3.05) is 11.1 Å². The van der Waals surface area contributed by atoms with Crippen molar-refractivity contribution in [3.05, 3.63) is 59.7 Å². The fourth-order valence-electron chi connectivity index (χ4n) is 2.08. The van der Waals surface area contributed by atoms with Crippen LogP contribution in [0.2, 0.25) is 0 Å². The first-order valence-electron chi connectivity index (χ1n) is 7.09. The van der Waals surface area contributed by atoms with Crippen LogP contribution in [0.5, 0.6) is 0 Å². The van der Waals surface area contributed by atoms with Crippen LogP contribution < -0.4 is 11.1 Å². The molecule has 0 spiro atoms. The van der Waals surface area contributed by atoms with Crippen molar-refractivity contribution >= 4 is 17.3 Å². The van der Waals surface area contributed by atoms with Crippen LogP contribution in [-0.4, -0.2) is 5.91 Å². The highest BCUT2D eigenvalue weighted by atomic mass is 16.1. The summed E-state index contributed by atoms with van der Waals surface area (Å²) < 4.78 is 0. The van der Waals surface area contributed by atoms with Crippen LogP contribution >= 0.6 is 0 Å². The number of benzene rings is 2. The summed E-state index contributed by atoms with van der Waals surface area (Å²) in [6.07, 6.45) is 0.349. The highest BCUT2D eigenvalue weighted by Gasteiger charge is 2.13. The van der Waals surface area contributed by atoms with Gasteiger partial charge in [0.15, 0.2) is 0 Å². The minimum Gasteiger partial charge on any atom is -0.399 e. The zero-order chi connectivity index (χ0) is 15.5. The second kappa shape index (κ2) is 6.00. The summed E-state index contributed by atoms with van der Waals surface area (Å²) >= 11 is 0. The number of anilines is 2. The van der Waals surface area contributed by atoms with Gasteiger partial charge in [0.05, 0.1) is 6.42 Å². The van der Waals surface area contributed by atoms with Crippen LogP contribution in [-0.2, 0) is 16.6 Å². The summed E-state index contributed by atoms with van der Waals surface area (Å²) in [5.41, 5.74) is 9.48. The number of carbonyl (C=O) groups excluding carboxylic acids is 1. The van der Waals surface area contributed by atoms with E-state index in [1.54, 1.807) is 12.1 Å². The van der Waals surface area contributed by atoms with Crippen LogP contribution in [0, 0.1) is 0 Å². The van der Waals surface area contributed by atoms with Crippen molar-refractivity contribution in [1.82, 2.24) is 0 Å². The number of hydrogen-bond acceptors (Lipinski definition) is 2. The summed E-state index contributed by atoms with van der Waals surface area (Å²) in [7, 11) is 0. The summed E-state index contributed by atoms with van der Waals surface area (Å²) in [6.45, 7) is 6.51. The van der Waals surface area contributed by atoms with E-state index in [-0.39, 0.29) is 11.3 Å². The van der Waals surface area contributed by atoms with Gasteiger partial charge >= 0.3 is 0 Å². The van der Waals surface area contributed by atoms with Gasteiger partial charge in [-0.05, 0) is 40.8 Å². The molecule has 0 aliphatic carbocycles. The van der Waals surface area contributed by atoms with Crippen molar-refractivity contribution in [2.24, 2.45) is 0 Å². The number of nitrogen functional groups attached to an aromatic ring is 1. The molecular weight excluding hydrogens is 260 g/mol. The summed E-state index contributed by atoms with van der Waals surface area (Å²) in [4.78, 5) is 12.0. The molecule has 21 heavy (non-hydrogen) atoms. The molecule has 0 atom stereocenters. The Kier molecular flexibility index (Phi) is 4.32. The molecule has 0 aliphatic heterocycles. The molecule has 0 unspecified atom stereocenters. The van der Waals surface area contributed by atoms with E-state index in [2.05, 4.69) is 38.2 Å². The van der Waals surface area contributed by atoms with Gasteiger partial charge in [0, 0.05) is 11.4 Å². The van der Waals surface area contributed by atoms with E-state index in [0.717, 1.165) is 11.3 Å². The van der Waals surface area contributed by atoms with Gasteiger partial charge in [-0.2, -0.15) is 0 Å². The van der Waals surface area contributed by atoms with Gasteiger partial charge in [0.2, 0.25) is 5.91 Å². The van der Waals surface area contributed by atoms with Crippen LogP contribution in [0.3, 0.4) is 0 Å². The molecule has 0 heterocycles. The molecule has 0 radical (unpaired) electrons. The van der Waals surface area contributed by atoms with Gasteiger partial charge in [-0.1, -0.05) is 45.0 Å². The fourth-order valence-corrected chi connectivity index (χ4v) is 2.08. The third kappa shape index (κ3) is 4.35. The van der Waals surface area contributed by atoms with E-state index in [9.17, 15) is 4.79 Å². The summed E-state index contributed by atoms with van der Waals surface area (Å²) in [5, 5.41) is 2.91. The summed E-state index contributed by atoms with van der Waals surface area (Å²) in [5.74, 6) is -0.0247. The Hall–Kier alpha value is -2.29. The molecule has 2 aromatic carbocycles. The number of rotatable bonds is 3. The number of amides is 1. The Morgan fingerprint density at radius 3 is 2.10 bits per heavy atom. The van der Waals surface area contributed by atoms with E-state index in [1.165, 1.54) is 5.56 Å². The van der Waals surface area contributed by atoms with E-state index in [0.29, 0.717) is 12.1 Å². The zero-order valence-corrected chi connectivity index (χ0v) is 12.8. The minimum atomic E-state index is -0.0247. The Morgan fingerprint density at radius 2 is 1.57 bits per heavy atom. The predicted octanol–water partition coefficient (Wildman–Crippen LogP) is 3.75. The van der Waals surface area contributed by atoms with Gasteiger partial charge in [0.1, 0.15) is 0 Å². The average Bonchev–Trinajstić information content (AvgIpc) is 2.41. The van der Waals surface area contributed by atoms with Crippen LogP contribution in [0.25, 0.3) is 0 Å². The maximum Gasteiger partial charge on any atom is 0.228 e. The maximum absolute atomic E-state index is 12.0. The molecule has 0 aliphatic rings. The standard InChI is InChI=1S/C18H22N2O/c1-18(2,3)14-6-10-16(11-7-14)20-17(21)12-13-4-8-15(19)9-5-13/h4-11H,12,19H2,1-3H3,(H,20,21). The lowest BCUT2D eigenvalue weighted by atomic mass is 9.87. The van der Waals surface area contributed by atoms with E-state index in [1.807, 2.05) is 24.3 Å². The Bertz CT molecular complexity index is 607. The second-order valence-corrected chi connectivity index (χ2v) is 6.29. The zero-order valence-electron chi connectivity index (χ0n) is 12.8. The summed E-state index contributed by atoms with van der Waals surface area (Å²) in [6, 6.07) is 15.4. The first-order valence-corrected chi connectivity index (χ1v) is 7.09. The quantitative estimate of drug-likeness (QED) is 0.842. The third-order valence-corrected chi connectivity index (χ3v) is 3.38. The molecule has 0 saturated heterocycles. The Labute approximate surface area is 126 Å². The normalized spacial score (nSPS) is 11.2. The molecule has 0 bridgehead atoms. The smallest absolute Gasteiger partial charge is 0.228 e. The van der Waals surface area contributed by atoms with Crippen molar-refractivity contribution in [3.63, 3.8) is 0 Å². The van der Waals surface area contributed by atoms with Gasteiger partial charge in [-0.25, -0.2) is 0 Å². The lowest BCUT2D eigenvalue weighted by molar-refractivity contribution is -0.115. The first kappa shape index (κ1) is 15.1. The van der Waals surface area contributed by atoms with Crippen molar-refractivity contribution in [2.45, 2.75) is 32.6 Å². The van der Waals surface area contributed by atoms with Crippen molar-refractivity contribution < 1.29 is 4.79 Å². The molecule has 2 aromatic rings. The van der Waals surface area contributed by atoms with Crippen LogP contribution in [0.15, 0.2) is 48.5 Å². The highest BCUT2D eigenvalue weighted by molar-refractivity contribution is 5.92. The lowest BCUT2D eigenvalue weighted by Crippen LogP contribution is -2.15. The lowest BCUT2D eigenvalue weighted by Gasteiger charge is -2.19. The van der Waals surface area contributed by atoms with E-state index in [4.69, 9.17) is 5.73 Å². The molecule has 0 saturated carbocycles. The Balaban J connectivity index is 1.98. The molecule has 3 N–H and O–H groups in total. The predicted molar refractivity (Wildman–Crippen MR) is 88.3 cm³/mol. The maximum atomic E-state index is 12.0. The third-order valence-electron chi connectivity index (χ3n) is 3.38. The van der Waals surface area contributed by atoms with Gasteiger partial charge in [-0.3, -0.25) is 4.79 Å². The topological polar surface area (TPSA) is 55.1 Å². The molecule has 110 valence electrons. The number of carbonyl (C=O) groups is 1. The molecule has 0 aromatic heterocycles. The number of hydrogen-bond donors (Lipinski definition) is 2. The monoisotopic (exact) mass is 282 g/mol.